The molecule has 3 rings (SSSR count). The quantitative estimate of drug-likeness (QED) is 0.356. The van der Waals surface area contributed by atoms with E-state index in [2.05, 4.69) is 10.2 Å². The second-order valence-corrected chi connectivity index (χ2v) is 7.51. The van der Waals surface area contributed by atoms with Crippen molar-refractivity contribution in [1.29, 1.82) is 0 Å². The van der Waals surface area contributed by atoms with Gasteiger partial charge in [-0.1, -0.05) is 17.8 Å². The number of nitrogens with zero attached hydrogens (tertiary/aromatic N) is 3. The molecule has 0 radical (unpaired) electrons. The molecule has 0 spiro atoms. The van der Waals surface area contributed by atoms with Crippen LogP contribution < -0.4 is 14.2 Å². The number of Topliss-reactive ketones (excluding diaryl/α,β-unsaturated/α-hetero) is 1. The summed E-state index contributed by atoms with van der Waals surface area (Å²) in [5, 5.41) is 9.04. The molecule has 0 saturated heterocycles. The predicted octanol–water partition coefficient (Wildman–Crippen LogP) is 4.08. The molecule has 0 aliphatic carbocycles. The number of aryl methyl sites for hydroxylation is 1. The first-order chi connectivity index (χ1) is 14.5. The zero-order chi connectivity index (χ0) is 21.5. The van der Waals surface area contributed by atoms with Gasteiger partial charge in [0.2, 0.25) is 0 Å². The number of carbonyl (C=O) groups excluding carboxylic acids is 1. The molecular weight excluding hydrogens is 402 g/mol. The van der Waals surface area contributed by atoms with Crippen LogP contribution in [0.1, 0.15) is 28.7 Å². The van der Waals surface area contributed by atoms with Crippen LogP contribution >= 0.6 is 11.8 Å². The molecule has 0 atom stereocenters. The summed E-state index contributed by atoms with van der Waals surface area (Å²) in [7, 11) is 3.45. The number of thioether (sulfide) groups is 1. The van der Waals surface area contributed by atoms with E-state index in [0.717, 1.165) is 11.3 Å². The van der Waals surface area contributed by atoms with Crippen LogP contribution in [0.3, 0.4) is 0 Å². The fourth-order valence-corrected chi connectivity index (χ4v) is 3.56. The highest BCUT2D eigenvalue weighted by atomic mass is 32.2. The zero-order valence-electron chi connectivity index (χ0n) is 17.5. The second-order valence-electron chi connectivity index (χ2n) is 6.57. The van der Waals surface area contributed by atoms with E-state index in [9.17, 15) is 4.79 Å². The summed E-state index contributed by atoms with van der Waals surface area (Å²) in [6.07, 6.45) is 0. The van der Waals surface area contributed by atoms with Gasteiger partial charge in [0.25, 0.3) is 0 Å². The van der Waals surface area contributed by atoms with Crippen LogP contribution in [0.5, 0.6) is 17.2 Å². The Bertz CT molecular complexity index is 1000. The lowest BCUT2D eigenvalue weighted by Crippen LogP contribution is -2.07. The summed E-state index contributed by atoms with van der Waals surface area (Å²) in [4.78, 5) is 12.4. The maximum atomic E-state index is 12.4. The lowest BCUT2D eigenvalue weighted by Gasteiger charge is -2.12. The molecule has 1 aromatic heterocycles. The molecule has 0 bridgehead atoms. The van der Waals surface area contributed by atoms with Gasteiger partial charge in [-0.05, 0) is 55.8 Å². The van der Waals surface area contributed by atoms with Crippen LogP contribution in [0.2, 0.25) is 0 Å². The normalized spacial score (nSPS) is 10.7. The number of aromatic nitrogens is 3. The van der Waals surface area contributed by atoms with Gasteiger partial charge < -0.3 is 18.8 Å². The van der Waals surface area contributed by atoms with Gasteiger partial charge in [-0.3, -0.25) is 4.79 Å². The highest BCUT2D eigenvalue weighted by Crippen LogP contribution is 2.29. The molecule has 8 heteroatoms. The summed E-state index contributed by atoms with van der Waals surface area (Å²) in [5.41, 5.74) is 1.74. The van der Waals surface area contributed by atoms with Crippen LogP contribution in [0.25, 0.3) is 0 Å². The Morgan fingerprint density at radius 1 is 1.07 bits per heavy atom. The summed E-state index contributed by atoms with van der Waals surface area (Å²) in [6, 6.07) is 12.9. The smallest absolute Gasteiger partial charge is 0.191 e. The van der Waals surface area contributed by atoms with Crippen LogP contribution in [0, 0.1) is 6.92 Å². The van der Waals surface area contributed by atoms with Crippen LogP contribution in [0.15, 0.2) is 47.6 Å². The fourth-order valence-electron chi connectivity index (χ4n) is 2.73. The Kier molecular flexibility index (Phi) is 7.35. The lowest BCUT2D eigenvalue weighted by molar-refractivity contribution is 0.102. The minimum atomic E-state index is 0.0180. The number of methoxy groups -OCH3 is 1. The average Bonchev–Trinajstić information content (AvgIpc) is 3.11. The maximum Gasteiger partial charge on any atom is 0.191 e. The topological polar surface area (TPSA) is 75.5 Å². The Morgan fingerprint density at radius 3 is 2.53 bits per heavy atom. The van der Waals surface area contributed by atoms with Gasteiger partial charge in [0.05, 0.1) is 19.5 Å². The molecule has 30 heavy (non-hydrogen) atoms. The molecule has 0 aliphatic rings. The molecule has 0 fully saturated rings. The maximum absolute atomic E-state index is 12.4. The third-order valence-corrected chi connectivity index (χ3v) is 5.45. The Balaban J connectivity index is 1.60. The Labute approximate surface area is 180 Å². The molecular formula is C22H25N3O4S. The number of hydrogen-bond acceptors (Lipinski definition) is 7. The molecule has 0 aliphatic heterocycles. The van der Waals surface area contributed by atoms with E-state index < -0.39 is 0 Å². The summed E-state index contributed by atoms with van der Waals surface area (Å²) in [6.45, 7) is 4.75. The average molecular weight is 428 g/mol. The summed E-state index contributed by atoms with van der Waals surface area (Å²) >= 11 is 1.34. The number of ketones is 1. The Morgan fingerprint density at radius 2 is 1.83 bits per heavy atom. The summed E-state index contributed by atoms with van der Waals surface area (Å²) in [5.74, 6) is 3.04. The second kappa shape index (κ2) is 10.2. The van der Waals surface area contributed by atoms with Crippen molar-refractivity contribution in [2.75, 3.05) is 19.5 Å². The molecule has 0 N–H and O–H groups in total. The van der Waals surface area contributed by atoms with Crippen LogP contribution in [-0.2, 0) is 13.7 Å². The van der Waals surface area contributed by atoms with Crippen molar-refractivity contribution in [2.24, 2.45) is 7.05 Å². The molecule has 0 amide bonds. The molecule has 0 saturated carbocycles. The monoisotopic (exact) mass is 427 g/mol. The largest absolute Gasteiger partial charge is 0.497 e. The lowest BCUT2D eigenvalue weighted by atomic mass is 10.1. The first-order valence-corrected chi connectivity index (χ1v) is 10.5. The SMILES string of the molecule is CCOc1cc(C)ccc1OCc1nnc(SCC(=O)c2ccc(OC)cc2)n1C. The van der Waals surface area contributed by atoms with Crippen molar-refractivity contribution in [3.63, 3.8) is 0 Å². The predicted molar refractivity (Wildman–Crippen MR) is 116 cm³/mol. The van der Waals surface area contributed by atoms with Crippen molar-refractivity contribution in [3.05, 3.63) is 59.4 Å². The van der Waals surface area contributed by atoms with E-state index in [4.69, 9.17) is 14.2 Å². The van der Waals surface area contributed by atoms with Crippen molar-refractivity contribution < 1.29 is 19.0 Å². The van der Waals surface area contributed by atoms with Gasteiger partial charge in [-0.2, -0.15) is 0 Å². The molecule has 158 valence electrons. The highest BCUT2D eigenvalue weighted by Gasteiger charge is 2.14. The van der Waals surface area contributed by atoms with Crippen molar-refractivity contribution >= 4 is 17.5 Å². The fraction of sp³-hybridized carbons (Fsp3) is 0.318. The summed E-state index contributed by atoms with van der Waals surface area (Å²) < 4.78 is 18.5. The number of benzene rings is 2. The van der Waals surface area contributed by atoms with Crippen molar-refractivity contribution in [2.45, 2.75) is 25.6 Å². The van der Waals surface area contributed by atoms with Gasteiger partial charge in [-0.15, -0.1) is 10.2 Å². The van der Waals surface area contributed by atoms with E-state index in [1.54, 1.807) is 31.4 Å². The van der Waals surface area contributed by atoms with Crippen LogP contribution in [0.4, 0.5) is 0 Å². The van der Waals surface area contributed by atoms with Gasteiger partial charge >= 0.3 is 0 Å². The molecule has 3 aromatic rings. The third kappa shape index (κ3) is 5.33. The third-order valence-electron chi connectivity index (χ3n) is 4.43. The van der Waals surface area contributed by atoms with Gasteiger partial charge in [0.1, 0.15) is 12.4 Å². The molecule has 2 aromatic carbocycles. The molecule has 1 heterocycles. The van der Waals surface area contributed by atoms with E-state index >= 15 is 0 Å². The van der Waals surface area contributed by atoms with Crippen molar-refractivity contribution in [3.8, 4) is 17.2 Å². The first kappa shape index (κ1) is 21.7. The van der Waals surface area contributed by atoms with E-state index in [0.29, 0.717) is 34.7 Å². The van der Waals surface area contributed by atoms with Gasteiger partial charge in [0, 0.05) is 12.6 Å². The molecule has 7 nitrogen and oxygen atoms in total. The van der Waals surface area contributed by atoms with Crippen molar-refractivity contribution in [1.82, 2.24) is 14.8 Å². The first-order valence-electron chi connectivity index (χ1n) is 9.56. The van der Waals surface area contributed by atoms with Crippen LogP contribution in [-0.4, -0.2) is 40.0 Å². The zero-order valence-corrected chi connectivity index (χ0v) is 18.4. The van der Waals surface area contributed by atoms with E-state index in [1.165, 1.54) is 11.8 Å². The number of ether oxygens (including phenoxy) is 3. The molecule has 0 unspecified atom stereocenters. The number of carbonyl (C=O) groups is 1. The van der Waals surface area contributed by atoms with E-state index in [-0.39, 0.29) is 18.1 Å². The minimum Gasteiger partial charge on any atom is -0.497 e. The number of hydrogen-bond donors (Lipinski definition) is 0. The van der Waals surface area contributed by atoms with Gasteiger partial charge in [0.15, 0.2) is 28.3 Å². The van der Waals surface area contributed by atoms with E-state index in [1.807, 2.05) is 43.7 Å². The number of rotatable bonds is 10. The van der Waals surface area contributed by atoms with Gasteiger partial charge in [-0.25, -0.2) is 0 Å². The highest BCUT2D eigenvalue weighted by molar-refractivity contribution is 7.99. The standard InChI is InChI=1S/C22H25N3O4S/c1-5-28-20-12-15(2)6-11-19(20)29-13-21-23-24-22(25(21)3)30-14-18(26)16-7-9-17(27-4)10-8-16/h6-12H,5,13-14H2,1-4H3. The Hall–Kier alpha value is -3.00. The minimum absolute atomic E-state index is 0.0180.